The summed E-state index contributed by atoms with van der Waals surface area (Å²) >= 11 is 0. The lowest BCUT2D eigenvalue weighted by Gasteiger charge is -2.00. The Morgan fingerprint density at radius 2 is 2.14 bits per heavy atom. The van der Waals surface area contributed by atoms with Crippen LogP contribution in [0.3, 0.4) is 0 Å². The molecule has 2 rings (SSSR count). The average molecular weight is 188 g/mol. The third-order valence-corrected chi connectivity index (χ3v) is 1.83. The molecule has 3 nitrogen and oxygen atoms in total. The van der Waals surface area contributed by atoms with Crippen molar-refractivity contribution < 1.29 is 9.26 Å². The lowest BCUT2D eigenvalue weighted by Crippen LogP contribution is -1.90. The van der Waals surface area contributed by atoms with Crippen molar-refractivity contribution in [1.29, 1.82) is 0 Å². The lowest BCUT2D eigenvalue weighted by molar-refractivity contribution is 0.226. The van der Waals surface area contributed by atoms with Crippen LogP contribution in [-0.4, -0.2) is 11.8 Å². The van der Waals surface area contributed by atoms with Crippen molar-refractivity contribution in [2.75, 3.05) is 6.61 Å². The summed E-state index contributed by atoms with van der Waals surface area (Å²) in [5.41, 5.74) is 1.77. The van der Waals surface area contributed by atoms with E-state index in [4.69, 9.17) is 9.26 Å². The lowest BCUT2D eigenvalue weighted by atomic mass is 10.1. The Kier molecular flexibility index (Phi) is 2.49. The first-order valence-electron chi connectivity index (χ1n) is 4.47. The molecule has 0 N–H and O–H groups in total. The SMILES string of the molecule is CCOc1on[c]c1-c1ccccc1. The molecule has 1 heterocycles. The smallest absolute Gasteiger partial charge is 0.319 e. The fourth-order valence-corrected chi connectivity index (χ4v) is 1.22. The van der Waals surface area contributed by atoms with Gasteiger partial charge in [0.2, 0.25) is 0 Å². The molecule has 0 bridgehead atoms. The zero-order valence-electron chi connectivity index (χ0n) is 7.86. The first kappa shape index (κ1) is 8.81. The Bertz CT molecular complexity index is 395. The van der Waals surface area contributed by atoms with Crippen LogP contribution in [0.25, 0.3) is 11.1 Å². The van der Waals surface area contributed by atoms with Crippen molar-refractivity contribution in [2.24, 2.45) is 0 Å². The number of hydrogen-bond acceptors (Lipinski definition) is 3. The Hall–Kier alpha value is -1.77. The molecule has 1 radical (unpaired) electrons. The van der Waals surface area contributed by atoms with Crippen molar-refractivity contribution in [3.8, 4) is 17.1 Å². The molecule has 0 aliphatic carbocycles. The molecule has 14 heavy (non-hydrogen) atoms. The third kappa shape index (κ3) is 1.62. The summed E-state index contributed by atoms with van der Waals surface area (Å²) in [6.07, 6.45) is 2.77. The molecule has 0 amide bonds. The van der Waals surface area contributed by atoms with Crippen LogP contribution in [0.5, 0.6) is 5.95 Å². The zero-order valence-corrected chi connectivity index (χ0v) is 7.86. The van der Waals surface area contributed by atoms with Gasteiger partial charge in [-0.05, 0) is 12.5 Å². The zero-order chi connectivity index (χ0) is 9.80. The molecule has 0 atom stereocenters. The fourth-order valence-electron chi connectivity index (χ4n) is 1.22. The number of hydrogen-bond donors (Lipinski definition) is 0. The molecule has 0 spiro atoms. The third-order valence-electron chi connectivity index (χ3n) is 1.83. The standard InChI is InChI=1S/C11H10NO2/c1-2-13-11-10(8-12-14-11)9-6-4-3-5-7-9/h3-7H,2H2,1H3. The predicted octanol–water partition coefficient (Wildman–Crippen LogP) is 2.54. The van der Waals surface area contributed by atoms with Gasteiger partial charge in [-0.3, -0.25) is 0 Å². The average Bonchev–Trinajstić information content (AvgIpc) is 2.68. The van der Waals surface area contributed by atoms with E-state index < -0.39 is 0 Å². The van der Waals surface area contributed by atoms with Crippen LogP contribution in [0.4, 0.5) is 0 Å². The second-order valence-electron chi connectivity index (χ2n) is 2.76. The summed E-state index contributed by atoms with van der Waals surface area (Å²) in [6, 6.07) is 9.78. The van der Waals surface area contributed by atoms with Gasteiger partial charge in [0.25, 0.3) is 0 Å². The first-order chi connectivity index (χ1) is 6.92. The van der Waals surface area contributed by atoms with Crippen molar-refractivity contribution in [3.05, 3.63) is 36.5 Å². The van der Waals surface area contributed by atoms with Crippen molar-refractivity contribution >= 4 is 0 Å². The van der Waals surface area contributed by atoms with Gasteiger partial charge in [0.15, 0.2) is 0 Å². The van der Waals surface area contributed by atoms with Gasteiger partial charge < -0.3 is 9.26 Å². The highest BCUT2D eigenvalue weighted by molar-refractivity contribution is 5.66. The predicted molar refractivity (Wildman–Crippen MR) is 51.9 cm³/mol. The molecule has 0 unspecified atom stereocenters. The number of ether oxygens (including phenoxy) is 1. The maximum absolute atomic E-state index is 5.27. The van der Waals surface area contributed by atoms with E-state index in [1.54, 1.807) is 0 Å². The van der Waals surface area contributed by atoms with E-state index in [9.17, 15) is 0 Å². The van der Waals surface area contributed by atoms with Gasteiger partial charge in [0.1, 0.15) is 6.20 Å². The normalized spacial score (nSPS) is 10.1. The summed E-state index contributed by atoms with van der Waals surface area (Å²) in [7, 11) is 0. The van der Waals surface area contributed by atoms with Crippen LogP contribution in [0.1, 0.15) is 6.92 Å². The van der Waals surface area contributed by atoms with Gasteiger partial charge >= 0.3 is 5.95 Å². The van der Waals surface area contributed by atoms with E-state index in [-0.39, 0.29) is 0 Å². The van der Waals surface area contributed by atoms with Gasteiger partial charge in [0, 0.05) is 0 Å². The highest BCUT2D eigenvalue weighted by Gasteiger charge is 2.10. The number of nitrogens with zero attached hydrogens (tertiary/aromatic N) is 1. The molecule has 0 fully saturated rings. The van der Waals surface area contributed by atoms with E-state index in [2.05, 4.69) is 11.4 Å². The second-order valence-corrected chi connectivity index (χ2v) is 2.76. The molecule has 1 aromatic heterocycles. The van der Waals surface area contributed by atoms with E-state index in [0.717, 1.165) is 11.1 Å². The Morgan fingerprint density at radius 1 is 1.36 bits per heavy atom. The molecule has 0 saturated carbocycles. The van der Waals surface area contributed by atoms with Crippen LogP contribution in [-0.2, 0) is 0 Å². The largest absolute Gasteiger partial charge is 0.464 e. The number of aromatic nitrogens is 1. The summed E-state index contributed by atoms with van der Waals surface area (Å²) in [5.74, 6) is 0.429. The van der Waals surface area contributed by atoms with Crippen LogP contribution in [0, 0.1) is 6.20 Å². The Balaban J connectivity index is 2.37. The van der Waals surface area contributed by atoms with Crippen LogP contribution in [0.15, 0.2) is 34.9 Å². The number of rotatable bonds is 3. The Morgan fingerprint density at radius 3 is 2.86 bits per heavy atom. The molecule has 1 aromatic carbocycles. The molecule has 0 saturated heterocycles. The van der Waals surface area contributed by atoms with E-state index >= 15 is 0 Å². The molecule has 2 aromatic rings. The topological polar surface area (TPSA) is 35.3 Å². The van der Waals surface area contributed by atoms with E-state index in [0.29, 0.717) is 12.6 Å². The van der Waals surface area contributed by atoms with Gasteiger partial charge in [-0.25, -0.2) is 0 Å². The highest BCUT2D eigenvalue weighted by atomic mass is 16.6. The maximum Gasteiger partial charge on any atom is 0.319 e. The highest BCUT2D eigenvalue weighted by Crippen LogP contribution is 2.28. The van der Waals surface area contributed by atoms with Crippen molar-refractivity contribution in [3.63, 3.8) is 0 Å². The monoisotopic (exact) mass is 188 g/mol. The van der Waals surface area contributed by atoms with Crippen LogP contribution in [0.2, 0.25) is 0 Å². The van der Waals surface area contributed by atoms with E-state index in [1.807, 2.05) is 37.3 Å². The first-order valence-corrected chi connectivity index (χ1v) is 4.47. The number of benzene rings is 1. The van der Waals surface area contributed by atoms with Gasteiger partial charge in [0.05, 0.1) is 12.2 Å². The summed E-state index contributed by atoms with van der Waals surface area (Å²) in [6.45, 7) is 2.46. The van der Waals surface area contributed by atoms with Crippen LogP contribution < -0.4 is 4.74 Å². The van der Waals surface area contributed by atoms with Crippen molar-refractivity contribution in [2.45, 2.75) is 6.92 Å². The summed E-state index contributed by atoms with van der Waals surface area (Å²) in [5, 5.41) is 3.59. The summed E-state index contributed by atoms with van der Waals surface area (Å²) < 4.78 is 10.2. The summed E-state index contributed by atoms with van der Waals surface area (Å²) in [4.78, 5) is 0. The Labute approximate surface area is 82.3 Å². The molecule has 71 valence electrons. The maximum atomic E-state index is 5.27. The van der Waals surface area contributed by atoms with Gasteiger partial charge in [-0.1, -0.05) is 35.5 Å². The quantitative estimate of drug-likeness (QED) is 0.742. The second kappa shape index (κ2) is 3.96. The van der Waals surface area contributed by atoms with Crippen molar-refractivity contribution in [1.82, 2.24) is 5.16 Å². The minimum Gasteiger partial charge on any atom is -0.464 e. The van der Waals surface area contributed by atoms with E-state index in [1.165, 1.54) is 0 Å². The van der Waals surface area contributed by atoms with Gasteiger partial charge in [-0.2, -0.15) is 0 Å². The fraction of sp³-hybridized carbons (Fsp3) is 0.182. The minimum atomic E-state index is 0.429. The minimum absolute atomic E-state index is 0.429. The van der Waals surface area contributed by atoms with Crippen LogP contribution >= 0.6 is 0 Å². The molecule has 3 heteroatoms. The molecule has 0 aliphatic rings. The van der Waals surface area contributed by atoms with Gasteiger partial charge in [-0.15, -0.1) is 0 Å². The molecular formula is C11H10NO2. The molecule has 0 aliphatic heterocycles. The molecular weight excluding hydrogens is 178 g/mol.